The molecule has 9 nitrogen and oxygen atoms in total. The highest BCUT2D eigenvalue weighted by Gasteiger charge is 2.80. The number of ether oxygens (including phenoxy) is 5. The monoisotopic (exact) mass is 504 g/mol. The van der Waals surface area contributed by atoms with Gasteiger partial charge in [0.2, 0.25) is 6.29 Å². The maximum absolute atomic E-state index is 14.2. The highest BCUT2D eigenvalue weighted by molar-refractivity contribution is 6.05. The molecule has 4 aliphatic carbocycles. The van der Waals surface area contributed by atoms with Crippen molar-refractivity contribution in [2.75, 3.05) is 13.7 Å². The third-order valence-electron chi connectivity index (χ3n) is 10.0. The summed E-state index contributed by atoms with van der Waals surface area (Å²) in [5.74, 6) is -2.50. The average molecular weight is 505 g/mol. The van der Waals surface area contributed by atoms with Crippen LogP contribution in [0.4, 0.5) is 0 Å². The molecule has 0 aromatic rings. The zero-order valence-corrected chi connectivity index (χ0v) is 21.7. The van der Waals surface area contributed by atoms with E-state index < -0.39 is 70.6 Å². The predicted octanol–water partition coefficient (Wildman–Crippen LogP) is 2.74. The molecule has 4 bridgehead atoms. The first-order valence-electron chi connectivity index (χ1n) is 12.8. The van der Waals surface area contributed by atoms with E-state index in [2.05, 4.69) is 13.5 Å². The van der Waals surface area contributed by atoms with Crippen molar-refractivity contribution >= 4 is 23.7 Å². The highest BCUT2D eigenvalue weighted by Crippen LogP contribution is 2.74. The largest absolute Gasteiger partial charge is 0.462 e. The Labute approximate surface area is 211 Å². The van der Waals surface area contributed by atoms with Crippen LogP contribution in [0, 0.1) is 34.0 Å². The van der Waals surface area contributed by atoms with Gasteiger partial charge in [0.05, 0.1) is 12.7 Å². The maximum Gasteiger partial charge on any atom is 0.304 e. The van der Waals surface area contributed by atoms with Crippen molar-refractivity contribution in [3.63, 3.8) is 0 Å². The van der Waals surface area contributed by atoms with Crippen LogP contribution in [0.15, 0.2) is 12.2 Å². The minimum absolute atomic E-state index is 0.0355. The summed E-state index contributed by atoms with van der Waals surface area (Å²) in [4.78, 5) is 50.8. The Kier molecular flexibility index (Phi) is 5.91. The number of carbonyl (C=O) groups excluding carboxylic acids is 4. The third kappa shape index (κ3) is 3.14. The zero-order valence-electron chi connectivity index (χ0n) is 21.7. The lowest BCUT2D eigenvalue weighted by Crippen LogP contribution is -2.75. The van der Waals surface area contributed by atoms with Crippen molar-refractivity contribution < 1.29 is 42.9 Å². The van der Waals surface area contributed by atoms with Gasteiger partial charge in [-0.3, -0.25) is 19.2 Å². The van der Waals surface area contributed by atoms with Crippen molar-refractivity contribution in [1.82, 2.24) is 0 Å². The van der Waals surface area contributed by atoms with Gasteiger partial charge in [0, 0.05) is 50.5 Å². The van der Waals surface area contributed by atoms with E-state index in [1.165, 1.54) is 20.8 Å². The fourth-order valence-corrected chi connectivity index (χ4v) is 9.10. The molecule has 1 saturated heterocycles. The predicted molar refractivity (Wildman–Crippen MR) is 124 cm³/mol. The Morgan fingerprint density at radius 2 is 1.67 bits per heavy atom. The van der Waals surface area contributed by atoms with Crippen molar-refractivity contribution in [3.8, 4) is 0 Å². The fraction of sp³-hybridized carbons (Fsp3) is 0.778. The standard InChI is InChI=1S/C27H36O9/c1-13-17-10-18(34-14(2)28)21-26-9-7-8-25(5,24(33-12-26)36-16(4)30)19(26)11-20(32-6)27(21,22(13)31)23(17)35-15(3)29/h17-21,23-24H,1,7-12H2,2-6H3/t17-,18+,19-,20+,21+,23-,24-,25-,26+,27-/m1/s1. The molecule has 198 valence electrons. The lowest BCUT2D eigenvalue weighted by atomic mass is 9.37. The van der Waals surface area contributed by atoms with Gasteiger partial charge < -0.3 is 23.7 Å². The smallest absolute Gasteiger partial charge is 0.304 e. The molecule has 1 heterocycles. The van der Waals surface area contributed by atoms with E-state index in [0.29, 0.717) is 18.4 Å². The third-order valence-corrected chi connectivity index (χ3v) is 10.0. The van der Waals surface area contributed by atoms with Crippen molar-refractivity contribution in [2.45, 2.75) is 84.4 Å². The summed E-state index contributed by atoms with van der Waals surface area (Å²) < 4.78 is 30.0. The van der Waals surface area contributed by atoms with Gasteiger partial charge in [0.15, 0.2) is 5.78 Å². The summed E-state index contributed by atoms with van der Waals surface area (Å²) >= 11 is 0. The van der Waals surface area contributed by atoms with Crippen LogP contribution in [0.2, 0.25) is 0 Å². The van der Waals surface area contributed by atoms with Crippen LogP contribution >= 0.6 is 0 Å². The minimum Gasteiger partial charge on any atom is -0.462 e. The first-order valence-corrected chi connectivity index (χ1v) is 12.8. The molecule has 0 unspecified atom stereocenters. The summed E-state index contributed by atoms with van der Waals surface area (Å²) in [6.07, 6.45) is 0.519. The Bertz CT molecular complexity index is 1020. The zero-order chi connectivity index (χ0) is 26.2. The van der Waals surface area contributed by atoms with Crippen LogP contribution in [-0.4, -0.2) is 62.0 Å². The lowest BCUT2D eigenvalue weighted by Gasteiger charge is -2.70. The van der Waals surface area contributed by atoms with E-state index in [0.717, 1.165) is 19.3 Å². The van der Waals surface area contributed by atoms with E-state index in [9.17, 15) is 19.2 Å². The number of fused-ring (bicyclic) bond motifs is 1. The van der Waals surface area contributed by atoms with Gasteiger partial charge in [-0.1, -0.05) is 19.9 Å². The first kappa shape index (κ1) is 25.4. The molecule has 0 N–H and O–H groups in total. The Hall–Kier alpha value is -2.26. The highest BCUT2D eigenvalue weighted by atomic mass is 16.7. The molecular formula is C27H36O9. The molecule has 1 aliphatic heterocycles. The Balaban J connectivity index is 1.72. The van der Waals surface area contributed by atoms with Crippen molar-refractivity contribution in [3.05, 3.63) is 12.2 Å². The summed E-state index contributed by atoms with van der Waals surface area (Å²) in [7, 11) is 1.57. The van der Waals surface area contributed by atoms with E-state index in [-0.39, 0.29) is 18.3 Å². The summed E-state index contributed by atoms with van der Waals surface area (Å²) in [6, 6.07) is 0. The maximum atomic E-state index is 14.2. The normalized spacial score (nSPS) is 46.9. The van der Waals surface area contributed by atoms with Gasteiger partial charge >= 0.3 is 17.9 Å². The van der Waals surface area contributed by atoms with Crippen LogP contribution < -0.4 is 0 Å². The average Bonchev–Trinajstić information content (AvgIpc) is 2.91. The lowest BCUT2D eigenvalue weighted by molar-refractivity contribution is -0.346. The second-order valence-electron chi connectivity index (χ2n) is 11.6. The van der Waals surface area contributed by atoms with Gasteiger partial charge in [-0.25, -0.2) is 0 Å². The molecule has 5 aliphatic rings. The number of carbonyl (C=O) groups is 4. The molecule has 0 radical (unpaired) electrons. The number of rotatable bonds is 4. The minimum atomic E-state index is -1.24. The van der Waals surface area contributed by atoms with Gasteiger partial charge in [0.25, 0.3) is 0 Å². The first-order chi connectivity index (χ1) is 16.9. The van der Waals surface area contributed by atoms with Gasteiger partial charge in [-0.2, -0.15) is 0 Å². The van der Waals surface area contributed by atoms with E-state index >= 15 is 0 Å². The van der Waals surface area contributed by atoms with Crippen LogP contribution in [-0.2, 0) is 42.9 Å². The van der Waals surface area contributed by atoms with Gasteiger partial charge in [0.1, 0.15) is 17.6 Å². The molecule has 9 heteroatoms. The molecule has 0 aromatic heterocycles. The van der Waals surface area contributed by atoms with E-state index in [1.54, 1.807) is 7.11 Å². The molecule has 4 saturated carbocycles. The number of methoxy groups -OCH3 is 1. The number of hydrogen-bond donors (Lipinski definition) is 0. The fourth-order valence-electron chi connectivity index (χ4n) is 9.10. The molecule has 5 rings (SSSR count). The number of esters is 3. The molecule has 1 spiro atoms. The topological polar surface area (TPSA) is 114 Å². The number of Topliss-reactive ketones (excluding diaryl/α,β-unsaturated/α-hetero) is 1. The SMILES string of the molecule is C=C1C(=O)[C@@]23[C@@H](OC)C[C@@H]4[C@@]5(C)CCC[C@@]4(CO[C@@H]5OC(C)=O)[C@@H]2[C@@H](OC(C)=O)C[C@H]1[C@H]3OC(C)=O. The molecule has 0 aromatic carbocycles. The Morgan fingerprint density at radius 1 is 1.00 bits per heavy atom. The van der Waals surface area contributed by atoms with Crippen LogP contribution in [0.1, 0.15) is 59.8 Å². The number of hydrogen-bond acceptors (Lipinski definition) is 9. The van der Waals surface area contributed by atoms with Crippen LogP contribution in [0.5, 0.6) is 0 Å². The molecule has 0 amide bonds. The molecule has 5 fully saturated rings. The van der Waals surface area contributed by atoms with E-state index in [4.69, 9.17) is 23.7 Å². The van der Waals surface area contributed by atoms with Gasteiger partial charge in [-0.15, -0.1) is 0 Å². The second kappa shape index (κ2) is 8.38. The summed E-state index contributed by atoms with van der Waals surface area (Å²) in [5, 5.41) is 0. The number of ketones is 1. The molecular weight excluding hydrogens is 468 g/mol. The Morgan fingerprint density at radius 3 is 2.28 bits per heavy atom. The van der Waals surface area contributed by atoms with Crippen LogP contribution in [0.3, 0.4) is 0 Å². The quantitative estimate of drug-likeness (QED) is 0.324. The summed E-state index contributed by atoms with van der Waals surface area (Å²) in [5.41, 5.74) is -1.94. The van der Waals surface area contributed by atoms with Gasteiger partial charge in [-0.05, 0) is 37.2 Å². The van der Waals surface area contributed by atoms with Crippen molar-refractivity contribution in [1.29, 1.82) is 0 Å². The molecule has 36 heavy (non-hydrogen) atoms. The second-order valence-corrected chi connectivity index (χ2v) is 11.6. The molecule has 10 atom stereocenters. The summed E-state index contributed by atoms with van der Waals surface area (Å²) in [6.45, 7) is 10.5. The van der Waals surface area contributed by atoms with E-state index in [1.807, 2.05) is 0 Å². The van der Waals surface area contributed by atoms with Crippen LogP contribution in [0.25, 0.3) is 0 Å². The van der Waals surface area contributed by atoms with Crippen molar-refractivity contribution in [2.24, 2.45) is 34.0 Å².